The fraction of sp³-hybridized carbons (Fsp3) is 0.667. The third-order valence-corrected chi connectivity index (χ3v) is 3.71. The number of nitrogens with one attached hydrogen (secondary N) is 1. The van der Waals surface area contributed by atoms with Gasteiger partial charge in [0.05, 0.1) is 18.2 Å². The third kappa shape index (κ3) is 1.96. The zero-order chi connectivity index (χ0) is 12.5. The van der Waals surface area contributed by atoms with Crippen molar-refractivity contribution < 1.29 is 14.6 Å². The molecule has 2 unspecified atom stereocenters. The van der Waals surface area contributed by atoms with Crippen molar-refractivity contribution in [3.63, 3.8) is 0 Å². The molecule has 3 heterocycles. The molecule has 0 spiro atoms. The Morgan fingerprint density at radius 1 is 1.61 bits per heavy atom. The SMILES string of the molecule is O=C(O)C1CNCCC1c1cn2c(n1)OCCC2. The first-order valence-corrected chi connectivity index (χ1v) is 6.39. The number of piperidine rings is 1. The van der Waals surface area contributed by atoms with Gasteiger partial charge >= 0.3 is 5.97 Å². The van der Waals surface area contributed by atoms with Gasteiger partial charge in [-0.2, -0.15) is 4.98 Å². The highest BCUT2D eigenvalue weighted by atomic mass is 16.5. The number of nitrogens with zero attached hydrogens (tertiary/aromatic N) is 2. The molecule has 1 aromatic heterocycles. The average Bonchev–Trinajstić information content (AvgIpc) is 2.82. The van der Waals surface area contributed by atoms with Gasteiger partial charge in [-0.1, -0.05) is 0 Å². The number of imidazole rings is 1. The van der Waals surface area contributed by atoms with Crippen LogP contribution >= 0.6 is 0 Å². The van der Waals surface area contributed by atoms with E-state index in [1.54, 1.807) is 0 Å². The number of hydrogen-bond acceptors (Lipinski definition) is 4. The predicted octanol–water partition coefficient (Wildman–Crippen LogP) is 0.443. The second-order valence-corrected chi connectivity index (χ2v) is 4.89. The van der Waals surface area contributed by atoms with Gasteiger partial charge in [0.1, 0.15) is 0 Å². The molecule has 1 fully saturated rings. The number of ether oxygens (including phenoxy) is 1. The molecule has 18 heavy (non-hydrogen) atoms. The number of carboxylic acids is 1. The number of aliphatic carboxylic acids is 1. The van der Waals surface area contributed by atoms with E-state index in [1.165, 1.54) is 0 Å². The van der Waals surface area contributed by atoms with Gasteiger partial charge in [-0.05, 0) is 19.4 Å². The summed E-state index contributed by atoms with van der Waals surface area (Å²) in [6.45, 7) is 2.97. The molecule has 1 saturated heterocycles. The summed E-state index contributed by atoms with van der Waals surface area (Å²) in [5.74, 6) is -1.15. The van der Waals surface area contributed by atoms with Crippen molar-refractivity contribution in [3.05, 3.63) is 11.9 Å². The quantitative estimate of drug-likeness (QED) is 0.797. The van der Waals surface area contributed by atoms with Crippen LogP contribution < -0.4 is 10.1 Å². The van der Waals surface area contributed by atoms with Crippen molar-refractivity contribution in [3.8, 4) is 6.01 Å². The van der Waals surface area contributed by atoms with Crippen LogP contribution in [0.2, 0.25) is 0 Å². The summed E-state index contributed by atoms with van der Waals surface area (Å²) in [6.07, 6.45) is 3.76. The average molecular weight is 251 g/mol. The molecule has 0 amide bonds. The summed E-state index contributed by atoms with van der Waals surface area (Å²) >= 11 is 0. The van der Waals surface area contributed by atoms with Crippen LogP contribution in [-0.4, -0.2) is 40.3 Å². The lowest BCUT2D eigenvalue weighted by atomic mass is 9.84. The fourth-order valence-corrected chi connectivity index (χ4v) is 2.74. The summed E-state index contributed by atoms with van der Waals surface area (Å²) in [7, 11) is 0. The number of carbonyl (C=O) groups is 1. The summed E-state index contributed by atoms with van der Waals surface area (Å²) in [4.78, 5) is 15.7. The Labute approximate surface area is 105 Å². The van der Waals surface area contributed by atoms with E-state index in [4.69, 9.17) is 4.74 Å². The van der Waals surface area contributed by atoms with Gasteiger partial charge in [-0.15, -0.1) is 0 Å². The van der Waals surface area contributed by atoms with Gasteiger partial charge in [-0.3, -0.25) is 4.79 Å². The summed E-state index contributed by atoms with van der Waals surface area (Å²) in [5, 5.41) is 12.4. The van der Waals surface area contributed by atoms with Crippen LogP contribution in [0.25, 0.3) is 0 Å². The molecule has 0 bridgehead atoms. The minimum absolute atomic E-state index is 0.00884. The first kappa shape index (κ1) is 11.5. The highest BCUT2D eigenvalue weighted by Crippen LogP contribution is 2.32. The fourth-order valence-electron chi connectivity index (χ4n) is 2.74. The Morgan fingerprint density at radius 2 is 2.50 bits per heavy atom. The lowest BCUT2D eigenvalue weighted by Crippen LogP contribution is -2.39. The Hall–Kier alpha value is -1.56. The molecule has 98 valence electrons. The van der Waals surface area contributed by atoms with Crippen LogP contribution in [0.4, 0.5) is 0 Å². The zero-order valence-electron chi connectivity index (χ0n) is 10.1. The maximum atomic E-state index is 11.3. The molecule has 0 saturated carbocycles. The minimum Gasteiger partial charge on any atom is -0.481 e. The smallest absolute Gasteiger partial charge is 0.308 e. The third-order valence-electron chi connectivity index (χ3n) is 3.71. The summed E-state index contributed by atoms with van der Waals surface area (Å²) in [5.41, 5.74) is 0.862. The topological polar surface area (TPSA) is 76.4 Å². The molecule has 2 atom stereocenters. The summed E-state index contributed by atoms with van der Waals surface area (Å²) < 4.78 is 7.47. The van der Waals surface area contributed by atoms with E-state index in [9.17, 15) is 9.90 Å². The Morgan fingerprint density at radius 3 is 3.28 bits per heavy atom. The van der Waals surface area contributed by atoms with Crippen molar-refractivity contribution in [2.75, 3.05) is 19.7 Å². The maximum Gasteiger partial charge on any atom is 0.308 e. The van der Waals surface area contributed by atoms with E-state index in [0.29, 0.717) is 19.2 Å². The van der Waals surface area contributed by atoms with Crippen LogP contribution in [-0.2, 0) is 11.3 Å². The van der Waals surface area contributed by atoms with E-state index >= 15 is 0 Å². The van der Waals surface area contributed by atoms with Crippen molar-refractivity contribution in [1.29, 1.82) is 0 Å². The Bertz CT molecular complexity index is 434. The van der Waals surface area contributed by atoms with Gasteiger partial charge < -0.3 is 19.7 Å². The van der Waals surface area contributed by atoms with E-state index < -0.39 is 11.9 Å². The zero-order valence-corrected chi connectivity index (χ0v) is 10.1. The number of fused-ring (bicyclic) bond motifs is 1. The van der Waals surface area contributed by atoms with Crippen LogP contribution in [0.3, 0.4) is 0 Å². The predicted molar refractivity (Wildman–Crippen MR) is 63.7 cm³/mol. The Balaban J connectivity index is 1.87. The first-order valence-electron chi connectivity index (χ1n) is 6.39. The van der Waals surface area contributed by atoms with Crippen LogP contribution in [0.15, 0.2) is 6.20 Å². The van der Waals surface area contributed by atoms with Gasteiger partial charge in [0.15, 0.2) is 0 Å². The van der Waals surface area contributed by atoms with E-state index in [-0.39, 0.29) is 5.92 Å². The van der Waals surface area contributed by atoms with E-state index in [1.807, 2.05) is 10.8 Å². The first-order chi connectivity index (χ1) is 8.75. The summed E-state index contributed by atoms with van der Waals surface area (Å²) in [6, 6.07) is 0.638. The lowest BCUT2D eigenvalue weighted by molar-refractivity contribution is -0.143. The monoisotopic (exact) mass is 251 g/mol. The second-order valence-electron chi connectivity index (χ2n) is 4.89. The molecule has 3 rings (SSSR count). The largest absolute Gasteiger partial charge is 0.481 e. The maximum absolute atomic E-state index is 11.3. The minimum atomic E-state index is -0.751. The van der Waals surface area contributed by atoms with Crippen molar-refractivity contribution in [1.82, 2.24) is 14.9 Å². The molecule has 0 aromatic carbocycles. The lowest BCUT2D eigenvalue weighted by Gasteiger charge is -2.27. The number of rotatable bonds is 2. The van der Waals surface area contributed by atoms with E-state index in [2.05, 4.69) is 10.3 Å². The molecular weight excluding hydrogens is 234 g/mol. The highest BCUT2D eigenvalue weighted by molar-refractivity contribution is 5.71. The molecule has 6 nitrogen and oxygen atoms in total. The van der Waals surface area contributed by atoms with Crippen molar-refractivity contribution in [2.24, 2.45) is 5.92 Å². The molecule has 1 aromatic rings. The molecule has 2 N–H and O–H groups in total. The standard InChI is InChI=1S/C12H17N3O3/c16-11(17)9-6-13-3-2-8(9)10-7-15-4-1-5-18-12(15)14-10/h7-9,13H,1-6H2,(H,16,17). The normalized spacial score (nSPS) is 27.3. The van der Waals surface area contributed by atoms with Crippen LogP contribution in [0.1, 0.15) is 24.5 Å². The van der Waals surface area contributed by atoms with Gasteiger partial charge in [-0.25, -0.2) is 0 Å². The number of aryl methyl sites for hydroxylation is 1. The molecular formula is C12H17N3O3. The number of hydrogen-bond donors (Lipinski definition) is 2. The van der Waals surface area contributed by atoms with Gasteiger partial charge in [0.2, 0.25) is 0 Å². The molecule has 0 aliphatic carbocycles. The van der Waals surface area contributed by atoms with Gasteiger partial charge in [0.25, 0.3) is 6.01 Å². The Kier molecular flexibility index (Phi) is 2.95. The highest BCUT2D eigenvalue weighted by Gasteiger charge is 2.34. The second kappa shape index (κ2) is 4.61. The van der Waals surface area contributed by atoms with Crippen molar-refractivity contribution >= 4 is 5.97 Å². The van der Waals surface area contributed by atoms with Crippen LogP contribution in [0, 0.1) is 5.92 Å². The van der Waals surface area contributed by atoms with Crippen molar-refractivity contribution in [2.45, 2.75) is 25.3 Å². The van der Waals surface area contributed by atoms with E-state index in [0.717, 1.165) is 31.6 Å². The molecule has 6 heteroatoms. The molecule has 0 radical (unpaired) electrons. The molecule has 2 aliphatic rings. The van der Waals surface area contributed by atoms with Gasteiger partial charge in [0, 0.05) is 25.2 Å². The van der Waals surface area contributed by atoms with Crippen LogP contribution in [0.5, 0.6) is 6.01 Å². The number of carboxylic acid groups (broad SMARTS) is 1. The molecule has 2 aliphatic heterocycles. The number of aromatic nitrogens is 2.